The Balaban J connectivity index is 1.37. The molecule has 0 atom stereocenters. The maximum absolute atomic E-state index is 13.2. The summed E-state index contributed by atoms with van der Waals surface area (Å²) >= 11 is 6.45. The number of imidazole rings is 1. The number of hydrogen-bond acceptors (Lipinski definition) is 6. The molecule has 2 aromatic carbocycles. The van der Waals surface area contributed by atoms with Crippen LogP contribution in [0.5, 0.6) is 0 Å². The minimum atomic E-state index is -3.61. The van der Waals surface area contributed by atoms with Crippen molar-refractivity contribution in [3.8, 4) is 5.95 Å². The Hall–Kier alpha value is -3.21. The number of H-pyrrole nitrogens is 1. The van der Waals surface area contributed by atoms with Gasteiger partial charge >= 0.3 is 0 Å². The topological polar surface area (TPSA) is 104 Å². The average Bonchev–Trinajstić information content (AvgIpc) is 3.26. The van der Waals surface area contributed by atoms with Gasteiger partial charge in [-0.15, -0.1) is 0 Å². The summed E-state index contributed by atoms with van der Waals surface area (Å²) < 4.78 is 29.0. The normalized spacial score (nSPS) is 15.2. The Morgan fingerprint density at radius 3 is 2.50 bits per heavy atom. The highest BCUT2D eigenvalue weighted by molar-refractivity contribution is 7.89. The molecule has 0 bridgehead atoms. The third-order valence-electron chi connectivity index (χ3n) is 6.02. The van der Waals surface area contributed by atoms with Gasteiger partial charge in [-0.25, -0.2) is 13.4 Å². The van der Waals surface area contributed by atoms with Gasteiger partial charge < -0.3 is 9.88 Å². The fraction of sp³-hybridized carbons (Fsp3) is 0.261. The van der Waals surface area contributed by atoms with E-state index in [4.69, 9.17) is 11.6 Å². The summed E-state index contributed by atoms with van der Waals surface area (Å²) in [4.78, 5) is 22.6. The summed E-state index contributed by atoms with van der Waals surface area (Å²) in [6.07, 6.45) is 1.52. The zero-order chi connectivity index (χ0) is 24.0. The number of para-hydroxylation sites is 2. The van der Waals surface area contributed by atoms with Crippen molar-refractivity contribution in [1.82, 2.24) is 24.1 Å². The molecule has 0 radical (unpaired) electrons. The summed E-state index contributed by atoms with van der Waals surface area (Å²) in [5.74, 6) is 0.282. The molecule has 0 unspecified atom stereocenters. The van der Waals surface area contributed by atoms with Crippen molar-refractivity contribution in [2.24, 2.45) is 0 Å². The lowest BCUT2D eigenvalue weighted by Gasteiger charge is -2.35. The van der Waals surface area contributed by atoms with Gasteiger partial charge in [0.25, 0.3) is 5.56 Å². The molecule has 2 aromatic heterocycles. The summed E-state index contributed by atoms with van der Waals surface area (Å²) in [6.45, 7) is 5.00. The highest BCUT2D eigenvalue weighted by Crippen LogP contribution is 2.26. The molecule has 1 fully saturated rings. The average molecular weight is 499 g/mol. The van der Waals surface area contributed by atoms with Crippen LogP contribution in [0, 0.1) is 13.8 Å². The fourth-order valence-electron chi connectivity index (χ4n) is 4.13. The highest BCUT2D eigenvalue weighted by Gasteiger charge is 2.31. The van der Waals surface area contributed by atoms with Crippen molar-refractivity contribution in [3.05, 3.63) is 75.2 Å². The maximum Gasteiger partial charge on any atom is 0.295 e. The molecule has 176 valence electrons. The molecular weight excluding hydrogens is 476 g/mol. The summed E-state index contributed by atoms with van der Waals surface area (Å²) in [5.41, 5.74) is 3.09. The van der Waals surface area contributed by atoms with E-state index in [0.717, 1.165) is 21.3 Å². The number of fused-ring (bicyclic) bond motifs is 1. The van der Waals surface area contributed by atoms with E-state index >= 15 is 0 Å². The lowest BCUT2D eigenvalue weighted by atomic mass is 10.2. The number of rotatable bonds is 4. The van der Waals surface area contributed by atoms with Crippen LogP contribution in [0.3, 0.4) is 0 Å². The van der Waals surface area contributed by atoms with Crippen LogP contribution in [-0.4, -0.2) is 58.7 Å². The zero-order valence-corrected chi connectivity index (χ0v) is 20.3. The number of halogens is 1. The van der Waals surface area contributed by atoms with E-state index in [1.54, 1.807) is 13.0 Å². The molecule has 34 heavy (non-hydrogen) atoms. The second kappa shape index (κ2) is 8.53. The predicted octanol–water partition coefficient (Wildman–Crippen LogP) is 2.89. The SMILES string of the molecule is Cc1ccc(C)c(S(=O)(=O)N2CCN(c3cnn(-c4nc5ccccc5[nH]4)c(=O)c3Cl)CC2)c1. The summed E-state index contributed by atoms with van der Waals surface area (Å²) in [6, 6.07) is 12.8. The molecule has 11 heteroatoms. The monoisotopic (exact) mass is 498 g/mol. The van der Waals surface area contributed by atoms with Crippen LogP contribution in [0.4, 0.5) is 5.69 Å². The third kappa shape index (κ3) is 3.87. The predicted molar refractivity (Wildman–Crippen MR) is 131 cm³/mol. The van der Waals surface area contributed by atoms with E-state index in [9.17, 15) is 13.2 Å². The molecule has 9 nitrogen and oxygen atoms in total. The molecule has 0 aliphatic carbocycles. The smallest absolute Gasteiger partial charge is 0.295 e. The van der Waals surface area contributed by atoms with E-state index in [2.05, 4.69) is 15.1 Å². The number of hydrogen-bond donors (Lipinski definition) is 1. The van der Waals surface area contributed by atoms with Crippen LogP contribution in [0.2, 0.25) is 5.02 Å². The van der Waals surface area contributed by atoms with Crippen molar-refractivity contribution < 1.29 is 8.42 Å². The van der Waals surface area contributed by atoms with E-state index in [1.807, 2.05) is 48.2 Å². The number of benzene rings is 2. The Kier molecular flexibility index (Phi) is 5.67. The molecule has 1 N–H and O–H groups in total. The molecule has 1 aliphatic heterocycles. The molecule has 1 aliphatic rings. The van der Waals surface area contributed by atoms with Gasteiger partial charge in [0.2, 0.25) is 16.0 Å². The summed E-state index contributed by atoms with van der Waals surface area (Å²) in [7, 11) is -3.61. The molecule has 1 saturated heterocycles. The second-order valence-electron chi connectivity index (χ2n) is 8.30. The number of piperazine rings is 1. The van der Waals surface area contributed by atoms with Crippen LogP contribution in [-0.2, 0) is 10.0 Å². The van der Waals surface area contributed by atoms with Gasteiger partial charge in [-0.1, -0.05) is 35.9 Å². The molecule has 0 saturated carbocycles. The number of sulfonamides is 1. The largest absolute Gasteiger partial charge is 0.366 e. The second-order valence-corrected chi connectivity index (χ2v) is 10.6. The molecule has 5 rings (SSSR count). The van der Waals surface area contributed by atoms with Crippen LogP contribution < -0.4 is 10.5 Å². The molecule has 3 heterocycles. The molecule has 4 aromatic rings. The zero-order valence-electron chi connectivity index (χ0n) is 18.7. The van der Waals surface area contributed by atoms with Gasteiger partial charge in [0.15, 0.2) is 0 Å². The van der Waals surface area contributed by atoms with Gasteiger partial charge in [-0.05, 0) is 43.2 Å². The standard InChI is InChI=1S/C23H23ClN6O3S/c1-15-7-8-16(2)20(13-15)34(32,33)29-11-9-28(10-12-29)19-14-25-30(22(31)21(19)24)23-26-17-5-3-4-6-18(17)27-23/h3-8,13-14H,9-12H2,1-2H3,(H,26,27). The fourth-order valence-corrected chi connectivity index (χ4v) is 6.11. The minimum Gasteiger partial charge on any atom is -0.366 e. The number of aromatic amines is 1. The van der Waals surface area contributed by atoms with E-state index in [0.29, 0.717) is 29.2 Å². The quantitative estimate of drug-likeness (QED) is 0.464. The van der Waals surface area contributed by atoms with Crippen LogP contribution in [0.25, 0.3) is 17.0 Å². The van der Waals surface area contributed by atoms with Crippen LogP contribution in [0.1, 0.15) is 11.1 Å². The van der Waals surface area contributed by atoms with E-state index in [1.165, 1.54) is 10.5 Å². The van der Waals surface area contributed by atoms with Gasteiger partial charge in [0, 0.05) is 26.2 Å². The lowest BCUT2D eigenvalue weighted by Crippen LogP contribution is -2.49. The van der Waals surface area contributed by atoms with E-state index < -0.39 is 15.6 Å². The number of aromatic nitrogens is 4. The Morgan fingerprint density at radius 1 is 1.03 bits per heavy atom. The number of aryl methyl sites for hydroxylation is 2. The maximum atomic E-state index is 13.2. The Morgan fingerprint density at radius 2 is 1.76 bits per heavy atom. The lowest BCUT2D eigenvalue weighted by molar-refractivity contribution is 0.384. The van der Waals surface area contributed by atoms with Crippen LogP contribution >= 0.6 is 11.6 Å². The number of nitrogens with zero attached hydrogens (tertiary/aromatic N) is 5. The van der Waals surface area contributed by atoms with Gasteiger partial charge in [0.1, 0.15) is 5.02 Å². The van der Waals surface area contributed by atoms with E-state index in [-0.39, 0.29) is 24.1 Å². The van der Waals surface area contributed by atoms with Crippen molar-refractivity contribution in [2.45, 2.75) is 18.7 Å². The van der Waals surface area contributed by atoms with Crippen molar-refractivity contribution in [2.75, 3.05) is 31.1 Å². The van der Waals surface area contributed by atoms with Crippen molar-refractivity contribution in [1.29, 1.82) is 0 Å². The third-order valence-corrected chi connectivity index (χ3v) is 8.41. The molecule has 0 amide bonds. The summed E-state index contributed by atoms with van der Waals surface area (Å²) in [5, 5.41) is 4.28. The van der Waals surface area contributed by atoms with Crippen molar-refractivity contribution in [3.63, 3.8) is 0 Å². The van der Waals surface area contributed by atoms with Gasteiger partial charge in [-0.3, -0.25) is 4.79 Å². The number of nitrogens with one attached hydrogen (secondary N) is 1. The first-order chi connectivity index (χ1) is 16.3. The van der Waals surface area contributed by atoms with Crippen LogP contribution in [0.15, 0.2) is 58.4 Å². The van der Waals surface area contributed by atoms with Gasteiger partial charge in [-0.2, -0.15) is 14.1 Å². The Bertz CT molecular complexity index is 1520. The first-order valence-corrected chi connectivity index (χ1v) is 12.6. The minimum absolute atomic E-state index is 0.0151. The molecule has 0 spiro atoms. The number of anilines is 1. The molecular formula is C23H23ClN6O3S. The first-order valence-electron chi connectivity index (χ1n) is 10.8. The first kappa shape index (κ1) is 22.6. The Labute approximate surface area is 201 Å². The van der Waals surface area contributed by atoms with Gasteiger partial charge in [0.05, 0.1) is 27.8 Å². The van der Waals surface area contributed by atoms with Crippen molar-refractivity contribution >= 4 is 38.3 Å². The highest BCUT2D eigenvalue weighted by atomic mass is 35.5.